The van der Waals surface area contributed by atoms with Gasteiger partial charge in [-0.2, -0.15) is 0 Å². The quantitative estimate of drug-likeness (QED) is 0.566. The van der Waals surface area contributed by atoms with Gasteiger partial charge in [0.15, 0.2) is 0 Å². The molecule has 3 atom stereocenters. The molecule has 1 saturated carbocycles. The normalized spacial score (nSPS) is 25.6. The molecule has 2 fully saturated rings. The maximum Gasteiger partial charge on any atom is 0.274 e. The lowest BCUT2D eigenvalue weighted by atomic mass is 9.87. The van der Waals surface area contributed by atoms with E-state index < -0.39 is 11.0 Å². The molecular formula is C17H22N4O4. The smallest absolute Gasteiger partial charge is 0.274 e. The number of nitrogens with one attached hydrogen (secondary N) is 3. The van der Waals surface area contributed by atoms with Crippen molar-refractivity contribution in [1.82, 2.24) is 10.6 Å². The molecule has 25 heavy (non-hydrogen) atoms. The molecule has 8 heteroatoms. The Hall–Kier alpha value is -2.48. The van der Waals surface area contributed by atoms with Crippen molar-refractivity contribution in [3.8, 4) is 0 Å². The van der Waals surface area contributed by atoms with E-state index in [2.05, 4.69) is 16.0 Å². The Bertz CT molecular complexity index is 706. The number of benzene rings is 1. The highest BCUT2D eigenvalue weighted by Crippen LogP contribution is 2.24. The first-order chi connectivity index (χ1) is 11.9. The Morgan fingerprint density at radius 1 is 1.32 bits per heavy atom. The molecule has 1 aromatic carbocycles. The van der Waals surface area contributed by atoms with Gasteiger partial charge in [0.25, 0.3) is 5.69 Å². The molecule has 0 unspecified atom stereocenters. The minimum atomic E-state index is -0.570. The molecule has 0 aromatic heterocycles. The van der Waals surface area contributed by atoms with Crippen molar-refractivity contribution in [1.29, 1.82) is 0 Å². The zero-order chi connectivity index (χ0) is 18.0. The maximum atomic E-state index is 12.3. The summed E-state index contributed by atoms with van der Waals surface area (Å²) in [5, 5.41) is 19.9. The number of hydrogen-bond acceptors (Lipinski definition) is 5. The summed E-state index contributed by atoms with van der Waals surface area (Å²) in [6.45, 7) is 1.64. The molecule has 134 valence electrons. The lowest BCUT2D eigenvalue weighted by Gasteiger charge is -2.40. The number of nitro groups is 1. The first-order valence-corrected chi connectivity index (χ1v) is 8.55. The number of amides is 2. The molecule has 1 heterocycles. The largest absolute Gasteiger partial charge is 0.350 e. The fourth-order valence-corrected chi connectivity index (χ4v) is 3.55. The predicted octanol–water partition coefficient (Wildman–Crippen LogP) is 1.63. The molecule has 0 spiro atoms. The highest BCUT2D eigenvalue weighted by atomic mass is 16.6. The summed E-state index contributed by atoms with van der Waals surface area (Å²) in [7, 11) is 0. The van der Waals surface area contributed by atoms with Crippen LogP contribution in [0.2, 0.25) is 0 Å². The summed E-state index contributed by atoms with van der Waals surface area (Å²) in [6, 6.07) is 4.33. The third-order valence-electron chi connectivity index (χ3n) is 4.90. The molecule has 0 radical (unpaired) electrons. The van der Waals surface area contributed by atoms with Gasteiger partial charge in [0, 0.05) is 29.4 Å². The SMILES string of the molecule is Cc1ccc(NC(=O)C[C@@H]2N[C@H]3CCCC[C@H]3NC2=O)cc1[N+](=O)[O-]. The number of carbonyl (C=O) groups excluding carboxylic acids is 2. The summed E-state index contributed by atoms with van der Waals surface area (Å²) in [5.41, 5.74) is 0.838. The van der Waals surface area contributed by atoms with Gasteiger partial charge in [-0.15, -0.1) is 0 Å². The van der Waals surface area contributed by atoms with E-state index in [1.54, 1.807) is 19.1 Å². The highest BCUT2D eigenvalue weighted by molar-refractivity contribution is 5.96. The molecule has 1 saturated heterocycles. The second kappa shape index (κ2) is 7.18. The van der Waals surface area contributed by atoms with E-state index in [0.717, 1.165) is 25.7 Å². The fourth-order valence-electron chi connectivity index (χ4n) is 3.55. The average molecular weight is 346 g/mol. The van der Waals surface area contributed by atoms with Crippen molar-refractivity contribution in [2.75, 3.05) is 5.32 Å². The van der Waals surface area contributed by atoms with Gasteiger partial charge in [0.2, 0.25) is 11.8 Å². The number of anilines is 1. The number of hydrogen-bond donors (Lipinski definition) is 3. The van der Waals surface area contributed by atoms with E-state index in [4.69, 9.17) is 0 Å². The van der Waals surface area contributed by atoms with Crippen LogP contribution in [0.1, 0.15) is 37.7 Å². The summed E-state index contributed by atoms with van der Waals surface area (Å²) in [5.74, 6) is -0.506. The van der Waals surface area contributed by atoms with Gasteiger partial charge in [0.05, 0.1) is 17.4 Å². The number of carbonyl (C=O) groups is 2. The number of nitrogens with zero attached hydrogens (tertiary/aromatic N) is 1. The molecule has 3 rings (SSSR count). The van der Waals surface area contributed by atoms with Crippen LogP contribution < -0.4 is 16.0 Å². The van der Waals surface area contributed by atoms with Crippen LogP contribution in [0.25, 0.3) is 0 Å². The van der Waals surface area contributed by atoms with Crippen molar-refractivity contribution >= 4 is 23.2 Å². The van der Waals surface area contributed by atoms with Gasteiger partial charge >= 0.3 is 0 Å². The second-order valence-electron chi connectivity index (χ2n) is 6.74. The van der Waals surface area contributed by atoms with Gasteiger partial charge in [0.1, 0.15) is 0 Å². The lowest BCUT2D eigenvalue weighted by molar-refractivity contribution is -0.385. The molecule has 1 aromatic rings. The minimum Gasteiger partial charge on any atom is -0.350 e. The first kappa shape index (κ1) is 17.3. The van der Waals surface area contributed by atoms with Gasteiger partial charge in [-0.3, -0.25) is 19.7 Å². The van der Waals surface area contributed by atoms with E-state index in [1.165, 1.54) is 6.07 Å². The van der Waals surface area contributed by atoms with Crippen molar-refractivity contribution in [2.24, 2.45) is 0 Å². The lowest BCUT2D eigenvalue weighted by Crippen LogP contribution is -2.65. The van der Waals surface area contributed by atoms with Gasteiger partial charge in [-0.05, 0) is 25.8 Å². The molecule has 0 bridgehead atoms. The first-order valence-electron chi connectivity index (χ1n) is 8.55. The Kier molecular flexibility index (Phi) is 4.98. The van der Waals surface area contributed by atoms with E-state index >= 15 is 0 Å². The number of piperazine rings is 1. The predicted molar refractivity (Wildman–Crippen MR) is 92.2 cm³/mol. The Morgan fingerprint density at radius 3 is 2.76 bits per heavy atom. The number of rotatable bonds is 4. The Morgan fingerprint density at radius 2 is 2.04 bits per heavy atom. The third kappa shape index (κ3) is 3.96. The second-order valence-corrected chi connectivity index (χ2v) is 6.74. The van der Waals surface area contributed by atoms with Gasteiger partial charge < -0.3 is 16.0 Å². The fraction of sp³-hybridized carbons (Fsp3) is 0.529. The summed E-state index contributed by atoms with van der Waals surface area (Å²) in [4.78, 5) is 34.9. The molecule has 2 amide bonds. The van der Waals surface area contributed by atoms with Crippen LogP contribution in [0.5, 0.6) is 0 Å². The molecule has 1 aliphatic heterocycles. The summed E-state index contributed by atoms with van der Waals surface area (Å²) in [6.07, 6.45) is 4.19. The Balaban J connectivity index is 1.61. The van der Waals surface area contributed by atoms with Crippen LogP contribution in [0.15, 0.2) is 18.2 Å². The topological polar surface area (TPSA) is 113 Å². The molecule has 2 aliphatic rings. The van der Waals surface area contributed by atoms with Gasteiger partial charge in [-0.1, -0.05) is 18.9 Å². The minimum absolute atomic E-state index is 0.00325. The van der Waals surface area contributed by atoms with Crippen LogP contribution in [-0.2, 0) is 9.59 Å². The van der Waals surface area contributed by atoms with Crippen molar-refractivity contribution in [2.45, 2.75) is 57.2 Å². The van der Waals surface area contributed by atoms with Crippen LogP contribution in [0.4, 0.5) is 11.4 Å². The van der Waals surface area contributed by atoms with Crippen LogP contribution >= 0.6 is 0 Å². The van der Waals surface area contributed by atoms with Crippen LogP contribution in [0.3, 0.4) is 0 Å². The maximum absolute atomic E-state index is 12.3. The Labute approximate surface area is 145 Å². The molecule has 1 aliphatic carbocycles. The van der Waals surface area contributed by atoms with E-state index in [1.807, 2.05) is 0 Å². The van der Waals surface area contributed by atoms with Crippen molar-refractivity contribution in [3.63, 3.8) is 0 Å². The summed E-state index contributed by atoms with van der Waals surface area (Å²) >= 11 is 0. The van der Waals surface area contributed by atoms with E-state index in [-0.39, 0.29) is 36.0 Å². The molecule has 8 nitrogen and oxygen atoms in total. The number of nitro benzene ring substituents is 1. The van der Waals surface area contributed by atoms with Crippen molar-refractivity contribution in [3.05, 3.63) is 33.9 Å². The van der Waals surface area contributed by atoms with Gasteiger partial charge in [-0.25, -0.2) is 0 Å². The van der Waals surface area contributed by atoms with E-state index in [0.29, 0.717) is 11.3 Å². The zero-order valence-corrected chi connectivity index (χ0v) is 14.1. The number of aryl methyl sites for hydroxylation is 1. The third-order valence-corrected chi connectivity index (χ3v) is 4.90. The van der Waals surface area contributed by atoms with Crippen LogP contribution in [-0.4, -0.2) is 34.9 Å². The van der Waals surface area contributed by atoms with Crippen molar-refractivity contribution < 1.29 is 14.5 Å². The highest BCUT2D eigenvalue weighted by Gasteiger charge is 2.36. The molecular weight excluding hydrogens is 324 g/mol. The monoisotopic (exact) mass is 346 g/mol. The number of fused-ring (bicyclic) bond motifs is 1. The van der Waals surface area contributed by atoms with Crippen LogP contribution in [0, 0.1) is 17.0 Å². The average Bonchev–Trinajstić information content (AvgIpc) is 2.57. The molecule has 3 N–H and O–H groups in total. The standard InChI is InChI=1S/C17H22N4O4/c1-10-6-7-11(8-15(10)21(24)25)18-16(22)9-14-17(23)20-13-5-3-2-4-12(13)19-14/h6-8,12-14,19H,2-5,9H2,1H3,(H,18,22)(H,20,23)/t12-,13+,14-/m0/s1. The zero-order valence-electron chi connectivity index (χ0n) is 14.1. The van der Waals surface area contributed by atoms with E-state index in [9.17, 15) is 19.7 Å². The summed E-state index contributed by atoms with van der Waals surface area (Å²) < 4.78 is 0.